The van der Waals surface area contributed by atoms with E-state index in [9.17, 15) is 4.79 Å². The number of hydrogen-bond donors (Lipinski definition) is 0. The number of fused-ring (bicyclic) bond motifs is 1. The fourth-order valence-electron chi connectivity index (χ4n) is 3.75. The standard InChI is InChI=1S/C25H24N4O3S2/c1-2-28(15-20-9-6-12-33-20)23(30)16-34-25-27-26-24(19-7-4-3-5-8-19)29(25)14-18-10-11-21-22(13-18)32-17-31-21/h3-13H,2,14-17H2,1H3. The predicted molar refractivity (Wildman–Crippen MR) is 133 cm³/mol. The predicted octanol–water partition coefficient (Wildman–Crippen LogP) is 4.92. The Morgan fingerprint density at radius 2 is 1.94 bits per heavy atom. The minimum absolute atomic E-state index is 0.0831. The maximum absolute atomic E-state index is 13.0. The highest BCUT2D eigenvalue weighted by atomic mass is 32.2. The maximum atomic E-state index is 13.0. The highest BCUT2D eigenvalue weighted by Gasteiger charge is 2.20. The average molecular weight is 493 g/mol. The molecule has 0 bridgehead atoms. The summed E-state index contributed by atoms with van der Waals surface area (Å²) in [5.74, 6) is 2.64. The highest BCUT2D eigenvalue weighted by molar-refractivity contribution is 7.99. The van der Waals surface area contributed by atoms with Crippen molar-refractivity contribution in [3.63, 3.8) is 0 Å². The van der Waals surface area contributed by atoms with Gasteiger partial charge < -0.3 is 14.4 Å². The lowest BCUT2D eigenvalue weighted by atomic mass is 10.2. The van der Waals surface area contributed by atoms with Gasteiger partial charge in [-0.2, -0.15) is 0 Å². The molecule has 0 fully saturated rings. The molecule has 7 nitrogen and oxygen atoms in total. The van der Waals surface area contributed by atoms with Crippen LogP contribution in [0.1, 0.15) is 17.4 Å². The van der Waals surface area contributed by atoms with Crippen LogP contribution in [0.25, 0.3) is 11.4 Å². The minimum Gasteiger partial charge on any atom is -0.454 e. The van der Waals surface area contributed by atoms with Crippen LogP contribution in [0.5, 0.6) is 11.5 Å². The van der Waals surface area contributed by atoms with Gasteiger partial charge in [-0.15, -0.1) is 21.5 Å². The van der Waals surface area contributed by atoms with Gasteiger partial charge in [0, 0.05) is 17.0 Å². The summed E-state index contributed by atoms with van der Waals surface area (Å²) in [5, 5.41) is 11.7. The minimum atomic E-state index is 0.0831. The largest absolute Gasteiger partial charge is 0.454 e. The molecule has 2 aromatic carbocycles. The van der Waals surface area contributed by atoms with E-state index < -0.39 is 0 Å². The second-order valence-electron chi connectivity index (χ2n) is 7.72. The Hall–Kier alpha value is -3.30. The molecule has 9 heteroatoms. The van der Waals surface area contributed by atoms with Crippen molar-refractivity contribution >= 4 is 29.0 Å². The third-order valence-corrected chi connectivity index (χ3v) is 7.33. The molecule has 5 rings (SSSR count). The van der Waals surface area contributed by atoms with Crippen molar-refractivity contribution in [3.05, 3.63) is 76.5 Å². The van der Waals surface area contributed by atoms with Gasteiger partial charge in [0.05, 0.1) is 18.8 Å². The highest BCUT2D eigenvalue weighted by Crippen LogP contribution is 2.33. The fourth-order valence-corrected chi connectivity index (χ4v) is 5.31. The van der Waals surface area contributed by atoms with Gasteiger partial charge in [-0.25, -0.2) is 0 Å². The number of amides is 1. The van der Waals surface area contributed by atoms with Crippen LogP contribution in [-0.2, 0) is 17.9 Å². The molecule has 0 unspecified atom stereocenters. The van der Waals surface area contributed by atoms with E-state index in [1.54, 1.807) is 11.3 Å². The molecule has 1 aliphatic rings. The normalized spacial score (nSPS) is 12.1. The molecule has 174 valence electrons. The Bertz CT molecular complexity index is 1260. The van der Waals surface area contributed by atoms with Gasteiger partial charge in [0.25, 0.3) is 0 Å². The molecule has 0 saturated heterocycles. The fraction of sp³-hybridized carbons (Fsp3) is 0.240. The van der Waals surface area contributed by atoms with Crippen LogP contribution in [0.4, 0.5) is 0 Å². The first kappa shape index (κ1) is 22.5. The van der Waals surface area contributed by atoms with Gasteiger partial charge in [-0.3, -0.25) is 9.36 Å². The number of nitrogens with zero attached hydrogens (tertiary/aromatic N) is 4. The van der Waals surface area contributed by atoms with E-state index in [0.29, 0.717) is 30.5 Å². The third-order valence-electron chi connectivity index (χ3n) is 5.51. The van der Waals surface area contributed by atoms with E-state index in [1.807, 2.05) is 71.8 Å². The quantitative estimate of drug-likeness (QED) is 0.309. The molecule has 0 saturated carbocycles. The summed E-state index contributed by atoms with van der Waals surface area (Å²) in [6, 6.07) is 20.0. The van der Waals surface area contributed by atoms with E-state index in [4.69, 9.17) is 9.47 Å². The van der Waals surface area contributed by atoms with Crippen LogP contribution in [0.3, 0.4) is 0 Å². The second-order valence-corrected chi connectivity index (χ2v) is 9.70. The molecule has 0 aliphatic carbocycles. The monoisotopic (exact) mass is 492 g/mol. The van der Waals surface area contributed by atoms with Crippen molar-refractivity contribution in [2.24, 2.45) is 0 Å². The van der Waals surface area contributed by atoms with Crippen LogP contribution < -0.4 is 9.47 Å². The van der Waals surface area contributed by atoms with Crippen molar-refractivity contribution in [1.82, 2.24) is 19.7 Å². The molecule has 0 spiro atoms. The van der Waals surface area contributed by atoms with Crippen LogP contribution in [0.15, 0.2) is 71.2 Å². The molecule has 0 atom stereocenters. The summed E-state index contributed by atoms with van der Waals surface area (Å²) in [4.78, 5) is 16.0. The third kappa shape index (κ3) is 4.95. The number of benzene rings is 2. The van der Waals surface area contributed by atoms with Crippen molar-refractivity contribution in [1.29, 1.82) is 0 Å². The summed E-state index contributed by atoms with van der Waals surface area (Å²) in [5.41, 5.74) is 2.02. The Morgan fingerprint density at radius 1 is 1.09 bits per heavy atom. The zero-order chi connectivity index (χ0) is 23.3. The van der Waals surface area contributed by atoms with Gasteiger partial charge in [0.15, 0.2) is 22.5 Å². The van der Waals surface area contributed by atoms with Gasteiger partial charge in [0.2, 0.25) is 12.7 Å². The van der Waals surface area contributed by atoms with Gasteiger partial charge in [0.1, 0.15) is 0 Å². The van der Waals surface area contributed by atoms with Crippen LogP contribution in [-0.4, -0.2) is 44.7 Å². The molecule has 3 heterocycles. The first-order chi connectivity index (χ1) is 16.7. The lowest BCUT2D eigenvalue weighted by Crippen LogP contribution is -2.31. The van der Waals surface area contributed by atoms with E-state index in [1.165, 1.54) is 16.6 Å². The number of hydrogen-bond acceptors (Lipinski definition) is 7. The molecular formula is C25H24N4O3S2. The summed E-state index contributed by atoms with van der Waals surface area (Å²) in [7, 11) is 0. The summed E-state index contributed by atoms with van der Waals surface area (Å²) in [6.07, 6.45) is 0. The number of carbonyl (C=O) groups excluding carboxylic acids is 1. The maximum Gasteiger partial charge on any atom is 0.233 e. The number of thiophene rings is 1. The van der Waals surface area contributed by atoms with Crippen LogP contribution in [0.2, 0.25) is 0 Å². The van der Waals surface area contributed by atoms with Gasteiger partial charge >= 0.3 is 0 Å². The number of rotatable bonds is 9. The zero-order valence-electron chi connectivity index (χ0n) is 18.7. The molecule has 2 aromatic heterocycles. The average Bonchev–Trinajstić information content (AvgIpc) is 3.63. The first-order valence-corrected chi connectivity index (χ1v) is 12.9. The lowest BCUT2D eigenvalue weighted by molar-refractivity contribution is -0.128. The topological polar surface area (TPSA) is 69.5 Å². The zero-order valence-corrected chi connectivity index (χ0v) is 20.3. The lowest BCUT2D eigenvalue weighted by Gasteiger charge is -2.20. The first-order valence-electron chi connectivity index (χ1n) is 11.0. The summed E-state index contributed by atoms with van der Waals surface area (Å²) < 4.78 is 13.0. The number of carbonyl (C=O) groups is 1. The van der Waals surface area contributed by atoms with Crippen molar-refractivity contribution in [3.8, 4) is 22.9 Å². The Labute approximate surface area is 206 Å². The Kier molecular flexibility index (Phi) is 6.82. The molecular weight excluding hydrogens is 468 g/mol. The van der Waals surface area contributed by atoms with Gasteiger partial charge in [-0.05, 0) is 36.1 Å². The molecule has 1 amide bonds. The van der Waals surface area contributed by atoms with E-state index in [-0.39, 0.29) is 12.7 Å². The molecule has 0 N–H and O–H groups in total. The summed E-state index contributed by atoms with van der Waals surface area (Å²) >= 11 is 3.08. The van der Waals surface area contributed by atoms with Crippen LogP contribution in [0, 0.1) is 0 Å². The molecule has 0 radical (unpaired) electrons. The van der Waals surface area contributed by atoms with Gasteiger partial charge in [-0.1, -0.05) is 54.2 Å². The number of aromatic nitrogens is 3. The van der Waals surface area contributed by atoms with E-state index in [0.717, 1.165) is 28.5 Å². The van der Waals surface area contributed by atoms with Crippen molar-refractivity contribution < 1.29 is 14.3 Å². The molecule has 4 aromatic rings. The number of thioether (sulfide) groups is 1. The smallest absolute Gasteiger partial charge is 0.233 e. The summed E-state index contributed by atoms with van der Waals surface area (Å²) in [6.45, 7) is 4.09. The Balaban J connectivity index is 1.37. The van der Waals surface area contributed by atoms with Crippen molar-refractivity contribution in [2.75, 3.05) is 19.1 Å². The number of ether oxygens (including phenoxy) is 2. The van der Waals surface area contributed by atoms with Crippen LogP contribution >= 0.6 is 23.1 Å². The Morgan fingerprint density at radius 3 is 2.74 bits per heavy atom. The molecule has 1 aliphatic heterocycles. The van der Waals surface area contributed by atoms with E-state index in [2.05, 4.69) is 20.8 Å². The second kappa shape index (κ2) is 10.3. The van der Waals surface area contributed by atoms with Crippen molar-refractivity contribution in [2.45, 2.75) is 25.2 Å². The van der Waals surface area contributed by atoms with E-state index >= 15 is 0 Å². The molecule has 34 heavy (non-hydrogen) atoms. The SMILES string of the molecule is CCN(Cc1cccs1)C(=O)CSc1nnc(-c2ccccc2)n1Cc1ccc2c(c1)OCO2.